The molecular weight excluding hydrogens is 360 g/mol. The maximum Gasteiger partial charge on any atom is 0.260 e. The van der Waals surface area contributed by atoms with Gasteiger partial charge < -0.3 is 24.4 Å². The lowest BCUT2D eigenvalue weighted by molar-refractivity contribution is -0.133. The highest BCUT2D eigenvalue weighted by molar-refractivity contribution is 5.94. The Morgan fingerprint density at radius 2 is 2.00 bits per heavy atom. The number of anilines is 1. The van der Waals surface area contributed by atoms with Crippen LogP contribution in [0.15, 0.2) is 36.4 Å². The van der Waals surface area contributed by atoms with E-state index in [1.807, 2.05) is 37.3 Å². The quantitative estimate of drug-likeness (QED) is 0.831. The molecule has 0 atom stereocenters. The van der Waals surface area contributed by atoms with Crippen molar-refractivity contribution in [1.29, 1.82) is 0 Å². The van der Waals surface area contributed by atoms with E-state index in [0.717, 1.165) is 22.6 Å². The third-order valence-corrected chi connectivity index (χ3v) is 4.88. The van der Waals surface area contributed by atoms with Gasteiger partial charge in [-0.1, -0.05) is 6.07 Å². The minimum absolute atomic E-state index is 0.0263. The summed E-state index contributed by atoms with van der Waals surface area (Å²) in [7, 11) is 0. The molecule has 2 heterocycles. The van der Waals surface area contributed by atoms with E-state index in [0.29, 0.717) is 37.4 Å². The largest absolute Gasteiger partial charge is 0.484 e. The molecule has 0 fully saturated rings. The van der Waals surface area contributed by atoms with Gasteiger partial charge in [-0.3, -0.25) is 9.59 Å². The first-order valence-corrected chi connectivity index (χ1v) is 9.34. The molecule has 0 aromatic heterocycles. The van der Waals surface area contributed by atoms with E-state index in [2.05, 4.69) is 5.32 Å². The summed E-state index contributed by atoms with van der Waals surface area (Å²) in [6, 6.07) is 11.2. The fourth-order valence-corrected chi connectivity index (χ4v) is 3.32. The average Bonchev–Trinajstić information content (AvgIpc) is 3.18. The van der Waals surface area contributed by atoms with Crippen LogP contribution in [0.4, 0.5) is 5.69 Å². The van der Waals surface area contributed by atoms with Crippen molar-refractivity contribution in [1.82, 2.24) is 4.90 Å². The summed E-state index contributed by atoms with van der Waals surface area (Å²) in [6.45, 7) is 3.18. The predicted molar refractivity (Wildman–Crippen MR) is 103 cm³/mol. The van der Waals surface area contributed by atoms with E-state index in [4.69, 9.17) is 14.2 Å². The number of carbonyl (C=O) groups is 2. The molecule has 7 heteroatoms. The number of nitrogens with one attached hydrogen (secondary N) is 1. The Hall–Kier alpha value is -3.22. The van der Waals surface area contributed by atoms with Gasteiger partial charge in [0.1, 0.15) is 5.75 Å². The first kappa shape index (κ1) is 18.2. The molecule has 0 saturated carbocycles. The first-order chi connectivity index (χ1) is 13.6. The van der Waals surface area contributed by atoms with Gasteiger partial charge >= 0.3 is 0 Å². The Morgan fingerprint density at radius 3 is 2.86 bits per heavy atom. The van der Waals surface area contributed by atoms with Gasteiger partial charge in [-0.05, 0) is 54.8 Å². The second-order valence-corrected chi connectivity index (χ2v) is 6.75. The minimum Gasteiger partial charge on any atom is -0.484 e. The lowest BCUT2D eigenvalue weighted by atomic mass is 10.0. The zero-order valence-corrected chi connectivity index (χ0v) is 15.7. The van der Waals surface area contributed by atoms with Gasteiger partial charge in [0.05, 0.1) is 0 Å². The van der Waals surface area contributed by atoms with Gasteiger partial charge in [0.2, 0.25) is 12.7 Å². The molecule has 2 aliphatic rings. The van der Waals surface area contributed by atoms with Crippen molar-refractivity contribution in [3.63, 3.8) is 0 Å². The Morgan fingerprint density at radius 1 is 1.14 bits per heavy atom. The van der Waals surface area contributed by atoms with Gasteiger partial charge in [-0.25, -0.2) is 0 Å². The third kappa shape index (κ3) is 3.88. The molecule has 0 unspecified atom stereocenters. The van der Waals surface area contributed by atoms with Crippen LogP contribution in [0.25, 0.3) is 0 Å². The summed E-state index contributed by atoms with van der Waals surface area (Å²) in [4.78, 5) is 25.8. The summed E-state index contributed by atoms with van der Waals surface area (Å²) in [5, 5.41) is 2.84. The molecule has 146 valence electrons. The predicted octanol–water partition coefficient (Wildman–Crippen LogP) is 2.73. The smallest absolute Gasteiger partial charge is 0.260 e. The van der Waals surface area contributed by atoms with Gasteiger partial charge in [0.25, 0.3) is 5.91 Å². The first-order valence-electron chi connectivity index (χ1n) is 9.34. The average molecular weight is 382 g/mol. The zero-order chi connectivity index (χ0) is 19.5. The van der Waals surface area contributed by atoms with E-state index in [1.165, 1.54) is 0 Å². The van der Waals surface area contributed by atoms with Crippen molar-refractivity contribution in [3.05, 3.63) is 47.5 Å². The number of ether oxygens (including phenoxy) is 3. The van der Waals surface area contributed by atoms with Gasteiger partial charge in [0.15, 0.2) is 18.1 Å². The second kappa shape index (κ2) is 7.80. The number of rotatable bonds is 6. The highest BCUT2D eigenvalue weighted by atomic mass is 16.7. The Bertz CT molecular complexity index is 912. The van der Waals surface area contributed by atoms with E-state index in [1.54, 1.807) is 11.0 Å². The van der Waals surface area contributed by atoms with Crippen molar-refractivity contribution in [2.45, 2.75) is 26.3 Å². The second-order valence-electron chi connectivity index (χ2n) is 6.75. The maximum absolute atomic E-state index is 12.6. The summed E-state index contributed by atoms with van der Waals surface area (Å²) in [5.74, 6) is 2.00. The van der Waals surface area contributed by atoms with Crippen LogP contribution in [0.1, 0.15) is 24.5 Å². The molecule has 1 N–H and O–H groups in total. The summed E-state index contributed by atoms with van der Waals surface area (Å²) in [5.41, 5.74) is 2.81. The van der Waals surface area contributed by atoms with Crippen LogP contribution in [0.2, 0.25) is 0 Å². The number of aryl methyl sites for hydroxylation is 1. The fourth-order valence-electron chi connectivity index (χ4n) is 3.32. The van der Waals surface area contributed by atoms with Crippen LogP contribution in [-0.2, 0) is 22.6 Å². The van der Waals surface area contributed by atoms with Crippen LogP contribution in [0.5, 0.6) is 17.2 Å². The molecule has 2 aromatic carbocycles. The standard InChI is InChI=1S/C21H22N2O5/c1-2-23(11-14-3-7-18-19(9-14)28-13-27-18)21(25)12-26-16-5-6-17-15(10-16)4-8-20(24)22-17/h3,5-7,9-10H,2,4,8,11-13H2,1H3,(H,22,24). The Kier molecular flexibility index (Phi) is 5.06. The summed E-state index contributed by atoms with van der Waals surface area (Å²) in [6.07, 6.45) is 1.14. The monoisotopic (exact) mass is 382 g/mol. The highest BCUT2D eigenvalue weighted by Gasteiger charge is 2.18. The summed E-state index contributed by atoms with van der Waals surface area (Å²) >= 11 is 0. The van der Waals surface area contributed by atoms with Crippen LogP contribution < -0.4 is 19.5 Å². The normalized spacial score (nSPS) is 14.2. The number of fused-ring (bicyclic) bond motifs is 2. The maximum atomic E-state index is 12.6. The highest BCUT2D eigenvalue weighted by Crippen LogP contribution is 2.33. The van der Waals surface area contributed by atoms with Crippen LogP contribution >= 0.6 is 0 Å². The molecule has 2 amide bonds. The molecular formula is C21H22N2O5. The zero-order valence-electron chi connectivity index (χ0n) is 15.7. The Labute approximate surface area is 163 Å². The number of benzene rings is 2. The van der Waals surface area contributed by atoms with Crippen molar-refractivity contribution in [2.24, 2.45) is 0 Å². The van der Waals surface area contributed by atoms with Crippen molar-refractivity contribution < 1.29 is 23.8 Å². The lowest BCUT2D eigenvalue weighted by Crippen LogP contribution is -2.34. The van der Waals surface area contributed by atoms with E-state index < -0.39 is 0 Å². The fraction of sp³-hybridized carbons (Fsp3) is 0.333. The molecule has 28 heavy (non-hydrogen) atoms. The van der Waals surface area contributed by atoms with Gasteiger partial charge in [0, 0.05) is 25.2 Å². The number of amides is 2. The SMILES string of the molecule is CCN(Cc1ccc2c(c1)OCO2)C(=O)COc1ccc2c(c1)CCC(=O)N2. The van der Waals surface area contributed by atoms with Crippen LogP contribution in [-0.4, -0.2) is 36.7 Å². The molecule has 0 bridgehead atoms. The number of hydrogen-bond acceptors (Lipinski definition) is 5. The summed E-state index contributed by atoms with van der Waals surface area (Å²) < 4.78 is 16.4. The molecule has 4 rings (SSSR count). The number of nitrogens with zero attached hydrogens (tertiary/aromatic N) is 1. The Balaban J connectivity index is 1.36. The number of hydrogen-bond donors (Lipinski definition) is 1. The lowest BCUT2D eigenvalue weighted by Gasteiger charge is -2.22. The van der Waals surface area contributed by atoms with Crippen LogP contribution in [0, 0.1) is 0 Å². The van der Waals surface area contributed by atoms with E-state index in [-0.39, 0.29) is 25.2 Å². The number of likely N-dealkylation sites (N-methyl/N-ethyl adjacent to an activating group) is 1. The molecule has 0 spiro atoms. The molecule has 7 nitrogen and oxygen atoms in total. The van der Waals surface area contributed by atoms with Crippen molar-refractivity contribution >= 4 is 17.5 Å². The van der Waals surface area contributed by atoms with Gasteiger partial charge in [-0.2, -0.15) is 0 Å². The van der Waals surface area contributed by atoms with Gasteiger partial charge in [-0.15, -0.1) is 0 Å². The molecule has 0 radical (unpaired) electrons. The van der Waals surface area contributed by atoms with Crippen LogP contribution in [0.3, 0.4) is 0 Å². The minimum atomic E-state index is -0.0915. The van der Waals surface area contributed by atoms with Crippen molar-refractivity contribution in [2.75, 3.05) is 25.3 Å². The molecule has 0 saturated heterocycles. The van der Waals surface area contributed by atoms with E-state index >= 15 is 0 Å². The number of carbonyl (C=O) groups excluding carboxylic acids is 2. The molecule has 2 aliphatic heterocycles. The third-order valence-electron chi connectivity index (χ3n) is 4.88. The topological polar surface area (TPSA) is 77.1 Å². The van der Waals surface area contributed by atoms with E-state index in [9.17, 15) is 9.59 Å². The molecule has 0 aliphatic carbocycles. The van der Waals surface area contributed by atoms with Crippen molar-refractivity contribution in [3.8, 4) is 17.2 Å². The molecule has 2 aromatic rings.